The highest BCUT2D eigenvalue weighted by Crippen LogP contribution is 2.14. The highest BCUT2D eigenvalue weighted by molar-refractivity contribution is 6.00. The van der Waals surface area contributed by atoms with Crippen LogP contribution in [0.15, 0.2) is 59.7 Å². The molecule has 0 unspecified atom stereocenters. The molecule has 0 aliphatic carbocycles. The molecule has 0 bridgehead atoms. The van der Waals surface area contributed by atoms with Crippen LogP contribution in [0, 0.1) is 0 Å². The summed E-state index contributed by atoms with van der Waals surface area (Å²) >= 11 is 0. The van der Waals surface area contributed by atoms with Gasteiger partial charge in [-0.3, -0.25) is 4.79 Å². The molecule has 0 saturated heterocycles. The lowest BCUT2D eigenvalue weighted by molar-refractivity contribution is 0.0955. The molecule has 0 saturated carbocycles. The number of carbonyl (C=O) groups excluding carboxylic acids is 1. The Balaban J connectivity index is 1.66. The van der Waals surface area contributed by atoms with Gasteiger partial charge in [0.1, 0.15) is 5.75 Å². The summed E-state index contributed by atoms with van der Waals surface area (Å²) in [6.07, 6.45) is 10.3. The van der Waals surface area contributed by atoms with Crippen LogP contribution in [0.5, 0.6) is 5.75 Å². The summed E-state index contributed by atoms with van der Waals surface area (Å²) in [4.78, 5) is 12.3. The number of amides is 1. The molecule has 0 atom stereocenters. The number of ether oxygens (including phenoxy) is 1. The van der Waals surface area contributed by atoms with Gasteiger partial charge in [-0.05, 0) is 43.2 Å². The van der Waals surface area contributed by atoms with Gasteiger partial charge in [0.25, 0.3) is 5.91 Å². The van der Waals surface area contributed by atoms with Crippen LogP contribution in [-0.2, 0) is 0 Å². The van der Waals surface area contributed by atoms with Crippen molar-refractivity contribution in [2.45, 2.75) is 65.2 Å². The van der Waals surface area contributed by atoms with Gasteiger partial charge in [-0.1, -0.05) is 82.2 Å². The molecule has 0 aliphatic heterocycles. The van der Waals surface area contributed by atoms with E-state index < -0.39 is 0 Å². The molecule has 4 nitrogen and oxygen atoms in total. The van der Waals surface area contributed by atoms with Crippen LogP contribution in [0.4, 0.5) is 0 Å². The number of hydrogen-bond acceptors (Lipinski definition) is 3. The summed E-state index contributed by atoms with van der Waals surface area (Å²) in [5.41, 5.74) is 4.92. The molecule has 1 amide bonds. The molecule has 1 N–H and O–H groups in total. The molecule has 29 heavy (non-hydrogen) atoms. The van der Waals surface area contributed by atoms with Crippen LogP contribution in [-0.4, -0.2) is 18.2 Å². The molecule has 0 fully saturated rings. The fraction of sp³-hybridized carbons (Fsp3) is 0.440. The normalized spacial score (nSPS) is 11.3. The Kier molecular flexibility index (Phi) is 10.6. The van der Waals surface area contributed by atoms with Gasteiger partial charge in [-0.15, -0.1) is 0 Å². The molecular weight excluding hydrogens is 360 g/mol. The molecule has 0 heterocycles. The van der Waals surface area contributed by atoms with Crippen LogP contribution in [0.25, 0.3) is 0 Å². The molecule has 4 heteroatoms. The van der Waals surface area contributed by atoms with Crippen LogP contribution < -0.4 is 10.2 Å². The van der Waals surface area contributed by atoms with Gasteiger partial charge in [0.2, 0.25) is 0 Å². The van der Waals surface area contributed by atoms with E-state index in [0.29, 0.717) is 5.56 Å². The van der Waals surface area contributed by atoms with Crippen molar-refractivity contribution >= 4 is 11.6 Å². The van der Waals surface area contributed by atoms with Crippen LogP contribution >= 0.6 is 0 Å². The largest absolute Gasteiger partial charge is 0.494 e. The molecular formula is C25H34N2O2. The molecule has 0 aliphatic rings. The van der Waals surface area contributed by atoms with E-state index in [1.54, 1.807) is 12.1 Å². The zero-order chi connectivity index (χ0) is 20.7. The Morgan fingerprint density at radius 2 is 1.45 bits per heavy atom. The highest BCUT2D eigenvalue weighted by atomic mass is 16.5. The topological polar surface area (TPSA) is 50.7 Å². The summed E-state index contributed by atoms with van der Waals surface area (Å²) in [6.45, 7) is 4.84. The molecule has 2 rings (SSSR count). The lowest BCUT2D eigenvalue weighted by atomic mass is 10.1. The van der Waals surface area contributed by atoms with E-state index in [9.17, 15) is 4.79 Å². The third-order valence-electron chi connectivity index (χ3n) is 4.90. The van der Waals surface area contributed by atoms with Gasteiger partial charge in [-0.25, -0.2) is 5.43 Å². The van der Waals surface area contributed by atoms with E-state index in [0.717, 1.165) is 30.1 Å². The Morgan fingerprint density at radius 3 is 2.10 bits per heavy atom. The van der Waals surface area contributed by atoms with Crippen molar-refractivity contribution in [1.82, 2.24) is 5.43 Å². The zero-order valence-corrected chi connectivity index (χ0v) is 17.8. The van der Waals surface area contributed by atoms with Crippen LogP contribution in [0.2, 0.25) is 0 Å². The Hall–Kier alpha value is -2.62. The van der Waals surface area contributed by atoms with Crippen molar-refractivity contribution in [2.75, 3.05) is 6.61 Å². The highest BCUT2D eigenvalue weighted by Gasteiger charge is 2.05. The monoisotopic (exact) mass is 394 g/mol. The number of unbranched alkanes of at least 4 members (excludes halogenated alkanes) is 7. The summed E-state index contributed by atoms with van der Waals surface area (Å²) < 4.78 is 5.78. The summed E-state index contributed by atoms with van der Waals surface area (Å²) in [6, 6.07) is 17.0. The zero-order valence-electron chi connectivity index (χ0n) is 17.8. The van der Waals surface area contributed by atoms with Gasteiger partial charge in [0, 0.05) is 5.56 Å². The van der Waals surface area contributed by atoms with Crippen molar-refractivity contribution < 1.29 is 9.53 Å². The first-order valence-electron chi connectivity index (χ1n) is 10.8. The third kappa shape index (κ3) is 8.95. The first kappa shape index (κ1) is 22.7. The maximum atomic E-state index is 12.3. The summed E-state index contributed by atoms with van der Waals surface area (Å²) in [5.74, 6) is 0.573. The summed E-state index contributed by atoms with van der Waals surface area (Å²) in [5, 5.41) is 4.18. The number of nitrogens with zero attached hydrogens (tertiary/aromatic N) is 1. The average Bonchev–Trinajstić information content (AvgIpc) is 2.77. The number of benzene rings is 2. The molecule has 156 valence electrons. The predicted molar refractivity (Wildman–Crippen MR) is 121 cm³/mol. The van der Waals surface area contributed by atoms with Crippen molar-refractivity contribution in [3.63, 3.8) is 0 Å². The van der Waals surface area contributed by atoms with Gasteiger partial charge >= 0.3 is 0 Å². The van der Waals surface area contributed by atoms with Crippen LogP contribution in [0.1, 0.15) is 81.1 Å². The van der Waals surface area contributed by atoms with Crippen molar-refractivity contribution in [3.8, 4) is 5.75 Å². The second-order valence-electron chi connectivity index (χ2n) is 7.35. The van der Waals surface area contributed by atoms with Gasteiger partial charge in [0.05, 0.1) is 12.3 Å². The minimum absolute atomic E-state index is 0.227. The van der Waals surface area contributed by atoms with Crippen molar-refractivity contribution in [3.05, 3.63) is 65.7 Å². The maximum Gasteiger partial charge on any atom is 0.271 e. The van der Waals surface area contributed by atoms with Gasteiger partial charge < -0.3 is 4.74 Å². The molecule has 0 aromatic heterocycles. The van der Waals surface area contributed by atoms with E-state index in [4.69, 9.17) is 4.74 Å². The maximum absolute atomic E-state index is 12.3. The quantitative estimate of drug-likeness (QED) is 0.244. The van der Waals surface area contributed by atoms with Gasteiger partial charge in [0.15, 0.2) is 0 Å². The van der Waals surface area contributed by atoms with E-state index in [2.05, 4.69) is 17.5 Å². The minimum atomic E-state index is -0.227. The first-order valence-corrected chi connectivity index (χ1v) is 10.8. The fourth-order valence-corrected chi connectivity index (χ4v) is 3.07. The second-order valence-corrected chi connectivity index (χ2v) is 7.35. The van der Waals surface area contributed by atoms with Crippen molar-refractivity contribution in [2.24, 2.45) is 5.10 Å². The Bertz CT molecular complexity index is 739. The first-order chi connectivity index (χ1) is 14.2. The average molecular weight is 395 g/mol. The molecule has 2 aromatic rings. The predicted octanol–water partition coefficient (Wildman–Crippen LogP) is 6.36. The number of carbonyl (C=O) groups is 1. The molecule has 0 radical (unpaired) electrons. The Labute approximate surface area is 175 Å². The second kappa shape index (κ2) is 13.5. The lowest BCUT2D eigenvalue weighted by Crippen LogP contribution is -2.19. The minimum Gasteiger partial charge on any atom is -0.494 e. The van der Waals surface area contributed by atoms with Crippen LogP contribution in [0.3, 0.4) is 0 Å². The number of rotatable bonds is 13. The summed E-state index contributed by atoms with van der Waals surface area (Å²) in [7, 11) is 0. The number of hydrogen-bond donors (Lipinski definition) is 1. The van der Waals surface area contributed by atoms with Gasteiger partial charge in [-0.2, -0.15) is 5.10 Å². The Morgan fingerprint density at radius 1 is 0.828 bits per heavy atom. The fourth-order valence-electron chi connectivity index (χ4n) is 3.07. The SMILES string of the molecule is CCCCCCCCCCOc1ccc(C(=O)NN=C(C)c2ccccc2)cc1. The van der Waals surface area contributed by atoms with E-state index in [1.807, 2.05) is 49.4 Å². The number of nitrogens with one attached hydrogen (secondary N) is 1. The van der Waals surface area contributed by atoms with E-state index in [1.165, 1.54) is 44.9 Å². The van der Waals surface area contributed by atoms with Crippen molar-refractivity contribution in [1.29, 1.82) is 0 Å². The van der Waals surface area contributed by atoms with E-state index >= 15 is 0 Å². The third-order valence-corrected chi connectivity index (χ3v) is 4.90. The molecule has 2 aromatic carbocycles. The standard InChI is InChI=1S/C25H34N2O2/c1-3-4-5-6-7-8-9-13-20-29-24-18-16-23(17-19-24)25(28)27-26-21(2)22-14-11-10-12-15-22/h10-12,14-19H,3-9,13,20H2,1-2H3,(H,27,28). The smallest absolute Gasteiger partial charge is 0.271 e. The number of hydrazone groups is 1. The molecule has 0 spiro atoms. The van der Waals surface area contributed by atoms with E-state index in [-0.39, 0.29) is 5.91 Å². The lowest BCUT2D eigenvalue weighted by Gasteiger charge is -2.07.